The van der Waals surface area contributed by atoms with E-state index in [1.807, 2.05) is 69.3 Å². The fourth-order valence-corrected chi connectivity index (χ4v) is 4.67. The molecule has 1 N–H and O–H groups in total. The van der Waals surface area contributed by atoms with Gasteiger partial charge in [0.1, 0.15) is 0 Å². The lowest BCUT2D eigenvalue weighted by Gasteiger charge is -2.34. The maximum Gasteiger partial charge on any atom is 0.240 e. The Bertz CT molecular complexity index is 1090. The third-order valence-electron chi connectivity index (χ3n) is 5.51. The average molecular weight is 418 g/mol. The van der Waals surface area contributed by atoms with Crippen molar-refractivity contribution < 1.29 is 8.42 Å². The minimum atomic E-state index is -3.68. The van der Waals surface area contributed by atoms with E-state index in [0.717, 1.165) is 27.8 Å². The van der Waals surface area contributed by atoms with Crippen molar-refractivity contribution in [3.8, 4) is 12.3 Å². The number of terminal acetylenes is 1. The van der Waals surface area contributed by atoms with Gasteiger partial charge in [0, 0.05) is 18.4 Å². The van der Waals surface area contributed by atoms with Gasteiger partial charge in [-0.25, -0.2) is 13.1 Å². The number of hydrogen-bond donors (Lipinski definition) is 1. The first-order valence-electron chi connectivity index (χ1n) is 9.91. The Kier molecular flexibility index (Phi) is 6.45. The van der Waals surface area contributed by atoms with Gasteiger partial charge in [-0.1, -0.05) is 77.4 Å². The highest BCUT2D eigenvalue weighted by molar-refractivity contribution is 7.89. The summed E-state index contributed by atoms with van der Waals surface area (Å²) >= 11 is 0. The minimum absolute atomic E-state index is 0.166. The van der Waals surface area contributed by atoms with E-state index in [9.17, 15) is 8.42 Å². The number of sulfonamides is 1. The molecule has 0 radical (unpaired) electrons. The first kappa shape index (κ1) is 21.8. The van der Waals surface area contributed by atoms with Gasteiger partial charge in [0.25, 0.3) is 0 Å². The fourth-order valence-electron chi connectivity index (χ4n) is 3.58. The molecule has 3 rings (SSSR count). The van der Waals surface area contributed by atoms with Crippen molar-refractivity contribution in [2.45, 2.75) is 37.5 Å². The largest absolute Gasteiger partial charge is 0.240 e. The van der Waals surface area contributed by atoms with Gasteiger partial charge >= 0.3 is 0 Å². The van der Waals surface area contributed by atoms with E-state index in [1.165, 1.54) is 0 Å². The SMILES string of the molecule is C#CCC(CNS(=O)(=O)c1ccc(C)cc1)(c1ccc(C)cc1)c1ccc(C)cc1. The number of nitrogens with one attached hydrogen (secondary N) is 1. The predicted molar refractivity (Wildman–Crippen MR) is 123 cm³/mol. The summed E-state index contributed by atoms with van der Waals surface area (Å²) in [6, 6.07) is 23.1. The highest BCUT2D eigenvalue weighted by Crippen LogP contribution is 2.36. The third kappa shape index (κ3) is 4.64. The lowest BCUT2D eigenvalue weighted by Crippen LogP contribution is -2.41. The number of hydrogen-bond acceptors (Lipinski definition) is 2. The first-order valence-corrected chi connectivity index (χ1v) is 11.4. The molecule has 3 aromatic carbocycles. The number of rotatable bonds is 7. The standard InChI is InChI=1S/C26H27NO2S/c1-5-18-26(23-12-6-20(2)7-13-23,24-14-8-21(3)9-15-24)19-27-30(28,29)25-16-10-22(4)11-17-25/h1,6-17,27H,18-19H2,2-4H3. The van der Waals surface area contributed by atoms with E-state index in [4.69, 9.17) is 6.42 Å². The van der Waals surface area contributed by atoms with E-state index in [0.29, 0.717) is 6.42 Å². The molecule has 0 aliphatic heterocycles. The molecule has 0 amide bonds. The van der Waals surface area contributed by atoms with E-state index in [-0.39, 0.29) is 11.4 Å². The molecule has 0 heterocycles. The molecule has 0 bridgehead atoms. The maximum atomic E-state index is 13.0. The second kappa shape index (κ2) is 8.87. The van der Waals surface area contributed by atoms with Crippen LogP contribution in [0.3, 0.4) is 0 Å². The minimum Gasteiger partial charge on any atom is -0.210 e. The average Bonchev–Trinajstić information content (AvgIpc) is 2.73. The van der Waals surface area contributed by atoms with Crippen LogP contribution in [0.5, 0.6) is 0 Å². The topological polar surface area (TPSA) is 46.2 Å². The van der Waals surface area contributed by atoms with Crippen LogP contribution in [0.15, 0.2) is 77.7 Å². The summed E-state index contributed by atoms with van der Waals surface area (Å²) in [5.74, 6) is 2.78. The zero-order valence-electron chi connectivity index (χ0n) is 17.6. The zero-order valence-corrected chi connectivity index (χ0v) is 18.5. The molecule has 0 saturated carbocycles. The van der Waals surface area contributed by atoms with Crippen molar-refractivity contribution >= 4 is 10.0 Å². The monoisotopic (exact) mass is 417 g/mol. The molecule has 30 heavy (non-hydrogen) atoms. The molecule has 154 valence electrons. The summed E-state index contributed by atoms with van der Waals surface area (Å²) in [5, 5.41) is 0. The van der Waals surface area contributed by atoms with Gasteiger partial charge in [0.2, 0.25) is 10.0 Å². The Labute approximate surface area is 180 Å². The van der Waals surface area contributed by atoms with Crippen LogP contribution in [-0.4, -0.2) is 15.0 Å². The Morgan fingerprint density at radius 3 is 1.57 bits per heavy atom. The van der Waals surface area contributed by atoms with Gasteiger partial charge in [0.05, 0.1) is 4.90 Å². The molecule has 0 saturated heterocycles. The fraction of sp³-hybridized carbons (Fsp3) is 0.231. The Hall–Kier alpha value is -2.87. The second-order valence-corrected chi connectivity index (χ2v) is 9.60. The summed E-state index contributed by atoms with van der Waals surface area (Å²) in [6.45, 7) is 6.15. The molecular formula is C26H27NO2S. The Morgan fingerprint density at radius 2 is 1.17 bits per heavy atom. The van der Waals surface area contributed by atoms with E-state index in [2.05, 4.69) is 10.6 Å². The van der Waals surface area contributed by atoms with Crippen molar-refractivity contribution in [1.29, 1.82) is 0 Å². The number of aryl methyl sites for hydroxylation is 3. The third-order valence-corrected chi connectivity index (χ3v) is 6.92. The van der Waals surface area contributed by atoms with Crippen molar-refractivity contribution in [2.75, 3.05) is 6.54 Å². The molecule has 0 spiro atoms. The second-order valence-electron chi connectivity index (χ2n) is 7.83. The van der Waals surface area contributed by atoms with Gasteiger partial charge < -0.3 is 0 Å². The maximum absolute atomic E-state index is 13.0. The van der Waals surface area contributed by atoms with Crippen LogP contribution in [0.2, 0.25) is 0 Å². The van der Waals surface area contributed by atoms with Gasteiger partial charge in [-0.3, -0.25) is 0 Å². The molecule has 3 aromatic rings. The Balaban J connectivity index is 2.06. The molecule has 4 heteroatoms. The van der Waals surface area contributed by atoms with Crippen LogP contribution in [0, 0.1) is 33.1 Å². The lowest BCUT2D eigenvalue weighted by atomic mass is 9.72. The summed E-state index contributed by atoms with van der Waals surface area (Å²) in [7, 11) is -3.68. The summed E-state index contributed by atoms with van der Waals surface area (Å²) in [4.78, 5) is 0.246. The summed E-state index contributed by atoms with van der Waals surface area (Å²) in [6.07, 6.45) is 6.16. The number of benzene rings is 3. The molecule has 0 unspecified atom stereocenters. The van der Waals surface area contributed by atoms with Gasteiger partial charge in [-0.15, -0.1) is 12.3 Å². The Morgan fingerprint density at radius 1 is 0.767 bits per heavy atom. The van der Waals surface area contributed by atoms with Gasteiger partial charge in [-0.2, -0.15) is 0 Å². The lowest BCUT2D eigenvalue weighted by molar-refractivity contribution is 0.504. The van der Waals surface area contributed by atoms with Gasteiger partial charge in [-0.05, 0) is 44.0 Å². The van der Waals surface area contributed by atoms with Crippen LogP contribution >= 0.6 is 0 Å². The van der Waals surface area contributed by atoms with E-state index >= 15 is 0 Å². The molecule has 0 fully saturated rings. The summed E-state index contributed by atoms with van der Waals surface area (Å²) in [5.41, 5.74) is 4.58. The van der Waals surface area contributed by atoms with Crippen molar-refractivity contribution in [3.05, 3.63) is 101 Å². The van der Waals surface area contributed by atoms with Crippen molar-refractivity contribution in [3.63, 3.8) is 0 Å². The molecule has 0 aliphatic rings. The summed E-state index contributed by atoms with van der Waals surface area (Å²) < 4.78 is 28.8. The molecular weight excluding hydrogens is 390 g/mol. The van der Waals surface area contributed by atoms with Crippen LogP contribution in [-0.2, 0) is 15.4 Å². The molecule has 0 aliphatic carbocycles. The van der Waals surface area contributed by atoms with Crippen LogP contribution < -0.4 is 4.72 Å². The van der Waals surface area contributed by atoms with Crippen LogP contribution in [0.25, 0.3) is 0 Å². The predicted octanol–water partition coefficient (Wildman–Crippen LogP) is 4.90. The molecule has 0 aromatic heterocycles. The quantitative estimate of drug-likeness (QED) is 0.556. The van der Waals surface area contributed by atoms with Crippen LogP contribution in [0.1, 0.15) is 34.2 Å². The molecule has 0 atom stereocenters. The van der Waals surface area contributed by atoms with Gasteiger partial charge in [0.15, 0.2) is 0 Å². The molecule has 3 nitrogen and oxygen atoms in total. The van der Waals surface area contributed by atoms with Crippen molar-refractivity contribution in [2.24, 2.45) is 0 Å². The smallest absolute Gasteiger partial charge is 0.210 e. The van der Waals surface area contributed by atoms with Crippen LogP contribution in [0.4, 0.5) is 0 Å². The zero-order chi connectivity index (χ0) is 21.8. The van der Waals surface area contributed by atoms with E-state index < -0.39 is 15.4 Å². The normalized spacial score (nSPS) is 11.8. The van der Waals surface area contributed by atoms with E-state index in [1.54, 1.807) is 24.3 Å². The highest BCUT2D eigenvalue weighted by Gasteiger charge is 2.35. The highest BCUT2D eigenvalue weighted by atomic mass is 32.2. The van der Waals surface area contributed by atoms with Crippen molar-refractivity contribution in [1.82, 2.24) is 4.72 Å². The first-order chi connectivity index (χ1) is 14.3.